The third-order valence-corrected chi connectivity index (χ3v) is 4.15. The number of carbonyl (C=O) groups is 1. The summed E-state index contributed by atoms with van der Waals surface area (Å²) in [5.74, 6) is 0.399. The van der Waals surface area contributed by atoms with Crippen molar-refractivity contribution in [2.75, 3.05) is 13.2 Å². The van der Waals surface area contributed by atoms with Gasteiger partial charge in [-0.25, -0.2) is 0 Å². The molecule has 0 aliphatic carbocycles. The highest BCUT2D eigenvalue weighted by atomic mass is 32.1. The third-order valence-electron chi connectivity index (χ3n) is 3.90. The first-order chi connectivity index (χ1) is 12.7. The number of thiocarbonyl (C=S) groups is 1. The Morgan fingerprint density at radius 3 is 2.50 bits per heavy atom. The Labute approximate surface area is 158 Å². The van der Waals surface area contributed by atoms with Crippen LogP contribution in [0.15, 0.2) is 72.8 Å². The van der Waals surface area contributed by atoms with Crippen LogP contribution in [0.2, 0.25) is 0 Å². The monoisotopic (exact) mass is 364 g/mol. The zero-order valence-corrected chi connectivity index (χ0v) is 15.1. The maximum absolute atomic E-state index is 12.0. The fraction of sp³-hybridized carbons (Fsp3) is 0.143. The highest BCUT2D eigenvalue weighted by Crippen LogP contribution is 2.24. The summed E-state index contributed by atoms with van der Waals surface area (Å²) >= 11 is 5.15. The lowest BCUT2D eigenvalue weighted by atomic mass is 10.1. The maximum Gasteiger partial charge on any atom is 0.264 e. The molecule has 0 radical (unpaired) electrons. The van der Waals surface area contributed by atoms with E-state index in [0.29, 0.717) is 17.4 Å². The van der Waals surface area contributed by atoms with Gasteiger partial charge < -0.3 is 15.4 Å². The van der Waals surface area contributed by atoms with Crippen molar-refractivity contribution in [2.45, 2.75) is 6.42 Å². The molecule has 0 aliphatic rings. The Morgan fingerprint density at radius 2 is 1.65 bits per heavy atom. The van der Waals surface area contributed by atoms with Crippen molar-refractivity contribution >= 4 is 34.0 Å². The molecule has 1 amide bonds. The van der Waals surface area contributed by atoms with E-state index in [2.05, 4.69) is 22.8 Å². The normalized spacial score (nSPS) is 10.3. The van der Waals surface area contributed by atoms with Crippen molar-refractivity contribution in [2.24, 2.45) is 0 Å². The maximum atomic E-state index is 12.0. The lowest BCUT2D eigenvalue weighted by Crippen LogP contribution is -2.42. The van der Waals surface area contributed by atoms with Gasteiger partial charge in [0.2, 0.25) is 0 Å². The van der Waals surface area contributed by atoms with E-state index in [-0.39, 0.29) is 12.5 Å². The lowest BCUT2D eigenvalue weighted by molar-refractivity contribution is -0.121. The van der Waals surface area contributed by atoms with Crippen molar-refractivity contribution in [1.29, 1.82) is 0 Å². The Balaban J connectivity index is 1.44. The first-order valence-corrected chi connectivity index (χ1v) is 8.85. The fourth-order valence-corrected chi connectivity index (χ4v) is 2.85. The molecule has 0 saturated carbocycles. The number of benzene rings is 3. The molecule has 0 atom stereocenters. The summed E-state index contributed by atoms with van der Waals surface area (Å²) in [5, 5.41) is 8.04. The molecule has 2 N–H and O–H groups in total. The molecular formula is C21H20N2O2S. The molecule has 5 heteroatoms. The molecule has 0 saturated heterocycles. The van der Waals surface area contributed by atoms with Crippen molar-refractivity contribution in [3.63, 3.8) is 0 Å². The molecule has 0 fully saturated rings. The SMILES string of the molecule is O=C(COc1cccc2ccccc12)NC(=S)NCCc1ccccc1. The molecule has 0 aliphatic heterocycles. The second-order valence-corrected chi connectivity index (χ2v) is 6.21. The average molecular weight is 364 g/mol. The zero-order valence-electron chi connectivity index (χ0n) is 14.3. The third kappa shape index (κ3) is 5.04. The van der Waals surface area contributed by atoms with Crippen LogP contribution in [0.4, 0.5) is 0 Å². The van der Waals surface area contributed by atoms with E-state index in [4.69, 9.17) is 17.0 Å². The Morgan fingerprint density at radius 1 is 0.923 bits per heavy atom. The van der Waals surface area contributed by atoms with E-state index in [1.165, 1.54) is 5.56 Å². The quantitative estimate of drug-likeness (QED) is 0.658. The summed E-state index contributed by atoms with van der Waals surface area (Å²) in [5.41, 5.74) is 1.22. The van der Waals surface area contributed by atoms with E-state index in [1.54, 1.807) is 0 Å². The van der Waals surface area contributed by atoms with Gasteiger partial charge in [0.1, 0.15) is 5.75 Å². The molecule has 26 heavy (non-hydrogen) atoms. The minimum absolute atomic E-state index is 0.0888. The minimum Gasteiger partial charge on any atom is -0.483 e. The summed E-state index contributed by atoms with van der Waals surface area (Å²) in [4.78, 5) is 12.0. The van der Waals surface area contributed by atoms with Gasteiger partial charge in [-0.05, 0) is 35.7 Å². The van der Waals surface area contributed by atoms with E-state index in [1.807, 2.05) is 60.7 Å². The molecule has 3 aromatic rings. The van der Waals surface area contributed by atoms with Gasteiger partial charge in [0.25, 0.3) is 5.91 Å². The second kappa shape index (κ2) is 8.97. The standard InChI is InChI=1S/C21H20N2O2S/c24-20(23-21(26)22-14-13-16-7-2-1-3-8-16)15-25-19-12-6-10-17-9-4-5-11-18(17)19/h1-12H,13-15H2,(H2,22,23,24,26). The highest BCUT2D eigenvalue weighted by molar-refractivity contribution is 7.80. The van der Waals surface area contributed by atoms with Gasteiger partial charge in [0, 0.05) is 11.9 Å². The smallest absolute Gasteiger partial charge is 0.264 e. The molecule has 3 rings (SSSR count). The molecule has 132 valence electrons. The van der Waals surface area contributed by atoms with Crippen LogP contribution in [-0.4, -0.2) is 24.2 Å². The van der Waals surface area contributed by atoms with Crippen LogP contribution < -0.4 is 15.4 Å². The topological polar surface area (TPSA) is 50.4 Å². The van der Waals surface area contributed by atoms with E-state index in [0.717, 1.165) is 17.2 Å². The van der Waals surface area contributed by atoms with Crippen LogP contribution in [0.25, 0.3) is 10.8 Å². The van der Waals surface area contributed by atoms with E-state index >= 15 is 0 Å². The van der Waals surface area contributed by atoms with E-state index in [9.17, 15) is 4.79 Å². The fourth-order valence-electron chi connectivity index (χ4n) is 2.64. The zero-order chi connectivity index (χ0) is 18.2. The van der Waals surface area contributed by atoms with Crippen LogP contribution in [0, 0.1) is 0 Å². The van der Waals surface area contributed by atoms with Crippen LogP contribution in [0.1, 0.15) is 5.56 Å². The Bertz CT molecular complexity index is 891. The summed E-state index contributed by atoms with van der Waals surface area (Å²) in [6, 6.07) is 23.8. The molecule has 0 unspecified atom stereocenters. The predicted octanol–water partition coefficient (Wildman–Crippen LogP) is 3.45. The first-order valence-electron chi connectivity index (χ1n) is 8.44. The van der Waals surface area contributed by atoms with Crippen LogP contribution in [0.5, 0.6) is 5.75 Å². The summed E-state index contributed by atoms with van der Waals surface area (Å²) in [6.45, 7) is 0.571. The van der Waals surface area contributed by atoms with Gasteiger partial charge in [0.05, 0.1) is 0 Å². The van der Waals surface area contributed by atoms with Gasteiger partial charge in [-0.3, -0.25) is 4.79 Å². The van der Waals surface area contributed by atoms with Crippen LogP contribution in [-0.2, 0) is 11.2 Å². The number of hydrogen-bond acceptors (Lipinski definition) is 3. The molecule has 0 heterocycles. The summed E-state index contributed by atoms with van der Waals surface area (Å²) < 4.78 is 5.66. The Hall–Kier alpha value is -2.92. The molecule has 0 bridgehead atoms. The van der Waals surface area contributed by atoms with Gasteiger partial charge in [-0.1, -0.05) is 66.7 Å². The predicted molar refractivity (Wildman–Crippen MR) is 108 cm³/mol. The highest BCUT2D eigenvalue weighted by Gasteiger charge is 2.07. The number of fused-ring (bicyclic) bond motifs is 1. The average Bonchev–Trinajstić information content (AvgIpc) is 2.67. The molecular weight excluding hydrogens is 344 g/mol. The number of nitrogens with one attached hydrogen (secondary N) is 2. The molecule has 0 aromatic heterocycles. The minimum atomic E-state index is -0.282. The van der Waals surface area contributed by atoms with Gasteiger partial charge in [0.15, 0.2) is 11.7 Å². The van der Waals surface area contributed by atoms with Crippen molar-refractivity contribution in [1.82, 2.24) is 10.6 Å². The van der Waals surface area contributed by atoms with Crippen molar-refractivity contribution in [3.05, 3.63) is 78.4 Å². The molecule has 3 aromatic carbocycles. The Kier molecular flexibility index (Phi) is 6.17. The van der Waals surface area contributed by atoms with Crippen LogP contribution >= 0.6 is 12.2 Å². The number of ether oxygens (including phenoxy) is 1. The van der Waals surface area contributed by atoms with E-state index < -0.39 is 0 Å². The second-order valence-electron chi connectivity index (χ2n) is 5.81. The first kappa shape index (κ1) is 17.9. The van der Waals surface area contributed by atoms with Gasteiger partial charge in [-0.15, -0.1) is 0 Å². The van der Waals surface area contributed by atoms with Gasteiger partial charge >= 0.3 is 0 Å². The molecule has 4 nitrogen and oxygen atoms in total. The summed E-state index contributed by atoms with van der Waals surface area (Å²) in [6.07, 6.45) is 0.837. The number of carbonyl (C=O) groups excluding carboxylic acids is 1. The number of amides is 1. The largest absolute Gasteiger partial charge is 0.483 e. The van der Waals surface area contributed by atoms with Crippen molar-refractivity contribution in [3.8, 4) is 5.75 Å². The summed E-state index contributed by atoms with van der Waals surface area (Å²) in [7, 11) is 0. The molecule has 0 spiro atoms. The lowest BCUT2D eigenvalue weighted by Gasteiger charge is -2.11. The number of hydrogen-bond donors (Lipinski definition) is 2. The number of rotatable bonds is 6. The van der Waals surface area contributed by atoms with Crippen molar-refractivity contribution < 1.29 is 9.53 Å². The van der Waals surface area contributed by atoms with Crippen LogP contribution in [0.3, 0.4) is 0 Å². The van der Waals surface area contributed by atoms with Gasteiger partial charge in [-0.2, -0.15) is 0 Å².